The number of nitriles is 1. The van der Waals surface area contributed by atoms with E-state index in [4.69, 9.17) is 5.26 Å². The van der Waals surface area contributed by atoms with Crippen molar-refractivity contribution < 1.29 is 18.3 Å². The Bertz CT molecular complexity index is 1090. The molecule has 0 fully saturated rings. The predicted molar refractivity (Wildman–Crippen MR) is 109 cm³/mol. The molecule has 0 bridgehead atoms. The molecule has 0 amide bonds. The van der Waals surface area contributed by atoms with Gasteiger partial charge >= 0.3 is 0 Å². The minimum Gasteiger partial charge on any atom is -0.289 e. The Morgan fingerprint density at radius 3 is 2.20 bits per heavy atom. The highest BCUT2D eigenvalue weighted by molar-refractivity contribution is 5.72. The van der Waals surface area contributed by atoms with Crippen LogP contribution in [0, 0.1) is 28.8 Å². The molecule has 0 atom stereocenters. The van der Waals surface area contributed by atoms with E-state index in [9.17, 15) is 13.9 Å². The molecule has 2 nitrogen and oxygen atoms in total. The Morgan fingerprint density at radius 2 is 1.57 bits per heavy atom. The van der Waals surface area contributed by atoms with Gasteiger partial charge in [-0.15, -0.1) is 0 Å². The van der Waals surface area contributed by atoms with Gasteiger partial charge in [0, 0.05) is 11.6 Å². The molecule has 0 unspecified atom stereocenters. The fourth-order valence-electron chi connectivity index (χ4n) is 3.43. The summed E-state index contributed by atoms with van der Waals surface area (Å²) >= 11 is 0. The van der Waals surface area contributed by atoms with Crippen LogP contribution in [0.25, 0.3) is 11.1 Å². The van der Waals surface area contributed by atoms with Gasteiger partial charge in [-0.25, -0.2) is 13.2 Å². The van der Waals surface area contributed by atoms with Gasteiger partial charge in [-0.3, -0.25) is 5.11 Å². The Labute approximate surface area is 174 Å². The molecule has 1 radical (unpaired) electrons. The molecule has 5 heteroatoms. The fourth-order valence-corrected chi connectivity index (χ4v) is 3.43. The van der Waals surface area contributed by atoms with E-state index in [1.54, 1.807) is 24.3 Å². The summed E-state index contributed by atoms with van der Waals surface area (Å²) in [7, 11) is 0. The van der Waals surface area contributed by atoms with E-state index >= 15 is 4.39 Å². The van der Waals surface area contributed by atoms with E-state index in [1.807, 2.05) is 12.1 Å². The number of rotatable bonds is 7. The minimum atomic E-state index is -0.907. The molecule has 0 aliphatic heterocycles. The average molecular weight is 408 g/mol. The first-order valence-corrected chi connectivity index (χ1v) is 9.90. The maximum atomic E-state index is 15.1. The Hall–Kier alpha value is -3.26. The van der Waals surface area contributed by atoms with Crippen LogP contribution < -0.4 is 0 Å². The molecular formula is C25H21F3NO. The predicted octanol–water partition coefficient (Wildman–Crippen LogP) is 6.91. The lowest BCUT2D eigenvalue weighted by molar-refractivity contribution is 0.350. The van der Waals surface area contributed by atoms with Crippen LogP contribution in [0.1, 0.15) is 42.0 Å². The quantitative estimate of drug-likeness (QED) is 0.419. The van der Waals surface area contributed by atoms with Gasteiger partial charge in [-0.1, -0.05) is 43.7 Å². The summed E-state index contributed by atoms with van der Waals surface area (Å²) in [6.45, 7) is 2.10. The van der Waals surface area contributed by atoms with E-state index < -0.39 is 23.2 Å². The molecule has 0 aromatic heterocycles. The summed E-state index contributed by atoms with van der Waals surface area (Å²) in [6.07, 6.45) is 3.14. The van der Waals surface area contributed by atoms with Crippen molar-refractivity contribution in [2.24, 2.45) is 0 Å². The second kappa shape index (κ2) is 9.49. The zero-order valence-electron chi connectivity index (χ0n) is 16.6. The average Bonchev–Trinajstić information content (AvgIpc) is 2.73. The Balaban J connectivity index is 1.88. The maximum Gasteiger partial charge on any atom is 0.192 e. The van der Waals surface area contributed by atoms with Crippen LogP contribution in [0.3, 0.4) is 0 Å². The van der Waals surface area contributed by atoms with E-state index in [0.717, 1.165) is 30.9 Å². The highest BCUT2D eigenvalue weighted by atomic mass is 19.1. The van der Waals surface area contributed by atoms with Gasteiger partial charge < -0.3 is 0 Å². The van der Waals surface area contributed by atoms with Crippen LogP contribution in [0.2, 0.25) is 0 Å². The molecule has 0 spiro atoms. The SMILES string of the molecule is CCCCc1ccc(-c2c([O])cc(F)c(CCc3ccc(C#N)c(F)c3)c2F)cc1. The van der Waals surface area contributed by atoms with E-state index in [-0.39, 0.29) is 29.5 Å². The van der Waals surface area contributed by atoms with Crippen molar-refractivity contribution in [2.75, 3.05) is 0 Å². The largest absolute Gasteiger partial charge is 0.289 e. The van der Waals surface area contributed by atoms with Gasteiger partial charge in [0.15, 0.2) is 5.75 Å². The highest BCUT2D eigenvalue weighted by Crippen LogP contribution is 2.36. The van der Waals surface area contributed by atoms with Gasteiger partial charge in [-0.05, 0) is 54.5 Å². The van der Waals surface area contributed by atoms with Crippen LogP contribution >= 0.6 is 0 Å². The first-order chi connectivity index (χ1) is 14.4. The van der Waals surface area contributed by atoms with E-state index in [1.165, 1.54) is 12.1 Å². The normalized spacial score (nSPS) is 10.8. The lowest BCUT2D eigenvalue weighted by Gasteiger charge is -2.12. The second-order valence-corrected chi connectivity index (χ2v) is 7.25. The summed E-state index contributed by atoms with van der Waals surface area (Å²) < 4.78 is 43.3. The molecule has 0 saturated carbocycles. The van der Waals surface area contributed by atoms with Crippen LogP contribution in [0.5, 0.6) is 5.75 Å². The number of aryl methyl sites for hydroxylation is 2. The van der Waals surface area contributed by atoms with Crippen molar-refractivity contribution in [1.29, 1.82) is 5.26 Å². The molecule has 0 aliphatic rings. The van der Waals surface area contributed by atoms with Crippen molar-refractivity contribution in [2.45, 2.75) is 39.0 Å². The molecule has 3 rings (SSSR count). The molecule has 3 aromatic rings. The van der Waals surface area contributed by atoms with Crippen LogP contribution in [0.15, 0.2) is 48.5 Å². The summed E-state index contributed by atoms with van der Waals surface area (Å²) in [5, 5.41) is 21.1. The van der Waals surface area contributed by atoms with Gasteiger partial charge in [0.2, 0.25) is 0 Å². The molecule has 0 aliphatic carbocycles. The Morgan fingerprint density at radius 1 is 0.867 bits per heavy atom. The summed E-state index contributed by atoms with van der Waals surface area (Å²) in [5.41, 5.74) is 1.57. The van der Waals surface area contributed by atoms with Crippen LogP contribution in [0.4, 0.5) is 13.2 Å². The van der Waals surface area contributed by atoms with Gasteiger partial charge in [0.1, 0.15) is 23.5 Å². The topological polar surface area (TPSA) is 43.7 Å². The van der Waals surface area contributed by atoms with Crippen molar-refractivity contribution in [3.8, 4) is 22.9 Å². The third kappa shape index (κ3) is 4.65. The van der Waals surface area contributed by atoms with E-state index in [2.05, 4.69) is 6.92 Å². The number of hydrogen-bond acceptors (Lipinski definition) is 1. The lowest BCUT2D eigenvalue weighted by atomic mass is 9.95. The molecule has 30 heavy (non-hydrogen) atoms. The summed E-state index contributed by atoms with van der Waals surface area (Å²) in [4.78, 5) is 0. The van der Waals surface area contributed by atoms with Crippen molar-refractivity contribution in [1.82, 2.24) is 0 Å². The zero-order valence-corrected chi connectivity index (χ0v) is 16.6. The smallest absolute Gasteiger partial charge is 0.192 e. The number of hydrogen-bond donors (Lipinski definition) is 0. The van der Waals surface area contributed by atoms with Crippen LogP contribution in [-0.2, 0) is 24.4 Å². The third-order valence-corrected chi connectivity index (χ3v) is 5.16. The molecule has 3 aromatic carbocycles. The van der Waals surface area contributed by atoms with Gasteiger partial charge in [0.25, 0.3) is 0 Å². The van der Waals surface area contributed by atoms with Crippen LogP contribution in [-0.4, -0.2) is 0 Å². The first-order valence-electron chi connectivity index (χ1n) is 9.90. The maximum absolute atomic E-state index is 15.1. The zero-order chi connectivity index (χ0) is 21.7. The molecule has 153 valence electrons. The van der Waals surface area contributed by atoms with Crippen molar-refractivity contribution >= 4 is 0 Å². The molecule has 0 saturated heterocycles. The summed E-state index contributed by atoms with van der Waals surface area (Å²) in [6, 6.07) is 13.7. The highest BCUT2D eigenvalue weighted by Gasteiger charge is 2.21. The second-order valence-electron chi connectivity index (χ2n) is 7.25. The third-order valence-electron chi connectivity index (χ3n) is 5.16. The van der Waals surface area contributed by atoms with Gasteiger partial charge in [-0.2, -0.15) is 5.26 Å². The molecule has 0 heterocycles. The Kier molecular flexibility index (Phi) is 6.79. The summed E-state index contributed by atoms with van der Waals surface area (Å²) in [5.74, 6) is -3.17. The fraction of sp³-hybridized carbons (Fsp3) is 0.240. The van der Waals surface area contributed by atoms with Crippen molar-refractivity contribution in [3.63, 3.8) is 0 Å². The number of unbranched alkanes of at least 4 members (excludes halogenated alkanes) is 1. The molecule has 0 N–H and O–H groups in total. The number of benzene rings is 3. The monoisotopic (exact) mass is 408 g/mol. The minimum absolute atomic E-state index is 0.0368. The lowest BCUT2D eigenvalue weighted by Crippen LogP contribution is -2.02. The van der Waals surface area contributed by atoms with Crippen molar-refractivity contribution in [3.05, 3.63) is 88.2 Å². The number of halogens is 3. The first kappa shape index (κ1) is 21.4. The number of nitrogens with zero attached hydrogens (tertiary/aromatic N) is 1. The molecular weight excluding hydrogens is 387 g/mol. The van der Waals surface area contributed by atoms with Gasteiger partial charge in [0.05, 0.1) is 11.1 Å². The standard InChI is InChI=1S/C25H21F3NO/c1-2-3-4-16-5-9-18(10-6-16)24-23(30)14-22(27)20(25(24)28)12-8-17-7-11-19(15-29)21(26)13-17/h5-7,9-11,13-14H,2-4,8,12H2,1H3. The van der Waals surface area contributed by atoms with E-state index in [0.29, 0.717) is 11.1 Å².